The molecule has 0 spiro atoms. The fraction of sp³-hybridized carbons (Fsp3) is 0. The van der Waals surface area contributed by atoms with Crippen molar-refractivity contribution in [3.8, 4) is 0 Å². The smallest absolute Gasteiger partial charge is 0.672 e. The van der Waals surface area contributed by atoms with Gasteiger partial charge in [-0.3, -0.25) is 0 Å². The van der Waals surface area contributed by atoms with E-state index in [4.69, 9.17) is 56.2 Å². The van der Waals surface area contributed by atoms with Crippen LogP contribution in [0.1, 0.15) is 0 Å². The fourth-order valence-electron chi connectivity index (χ4n) is 0. The van der Waals surface area contributed by atoms with E-state index in [1.807, 2.05) is 0 Å². The molecule has 0 atom stereocenters. The molecule has 0 aliphatic rings. The van der Waals surface area contributed by atoms with Gasteiger partial charge in [-0.15, -0.1) is 0 Å². The van der Waals surface area contributed by atoms with Crippen molar-refractivity contribution in [1.29, 1.82) is 0 Å². The zero-order chi connectivity index (χ0) is 14.3. The molecule has 0 unspecified atom stereocenters. The summed E-state index contributed by atoms with van der Waals surface area (Å²) in [6.07, 6.45) is 0. The molecule has 0 aliphatic carbocycles. The Labute approximate surface area is 174 Å². The van der Waals surface area contributed by atoms with E-state index in [0.717, 1.165) is 0 Å². The van der Waals surface area contributed by atoms with Gasteiger partial charge in [-0.05, 0) is 0 Å². The summed E-state index contributed by atoms with van der Waals surface area (Å²) in [4.78, 5) is 68.1. The van der Waals surface area contributed by atoms with Crippen molar-refractivity contribution >= 4 is 120 Å². The summed E-state index contributed by atoms with van der Waals surface area (Å²) >= 11 is 0. The molecule has 0 aromatic rings. The summed E-state index contributed by atoms with van der Waals surface area (Å²) in [5.41, 5.74) is 0. The van der Waals surface area contributed by atoms with E-state index < -0.39 is 36.7 Å². The van der Waals surface area contributed by atoms with Crippen LogP contribution in [-0.4, -0.2) is 120 Å². The second-order valence-electron chi connectivity index (χ2n) is 1.00. The van der Waals surface area contributed by atoms with Crippen molar-refractivity contribution in [1.82, 2.24) is 0 Å². The van der Waals surface area contributed by atoms with Gasteiger partial charge in [0.15, 0.2) is 0 Å². The number of rotatable bonds is 0. The van der Waals surface area contributed by atoms with Crippen LogP contribution in [0.2, 0.25) is 0 Å². The van der Waals surface area contributed by atoms with Gasteiger partial charge in [0.1, 0.15) is 0 Å². The molecule has 0 fully saturated rings. The molecule has 12 nitrogen and oxygen atoms in total. The van der Waals surface area contributed by atoms with Crippen molar-refractivity contribution in [2.75, 3.05) is 0 Å². The van der Waals surface area contributed by atoms with E-state index in [0.29, 0.717) is 0 Å². The topological polar surface area (TPSA) is 253 Å². The average molecular weight is 496 g/mol. The minimum absolute atomic E-state index is 0. The van der Waals surface area contributed by atoms with E-state index in [-0.39, 0.29) is 83.6 Å². The second-order valence-corrected chi connectivity index (χ2v) is 3.00. The molecule has 19 heavy (non-hydrogen) atoms. The Morgan fingerprint density at radius 2 is 0.421 bits per heavy atom. The standard InChI is InChI=1S/2Al.Ba.4O3Si/c;;;4*1-4(2)3/q2*+3;+2;4*-2. The van der Waals surface area contributed by atoms with Gasteiger partial charge in [-0.25, -0.2) is 0 Å². The Balaban J connectivity index is -0.0000000192. The maximum absolute atomic E-state index is 8.52. The Kier molecular flexibility index (Phi) is 82.0. The summed E-state index contributed by atoms with van der Waals surface area (Å²) in [6.45, 7) is 0. The van der Waals surface area contributed by atoms with Crippen LogP contribution >= 0.6 is 0 Å². The Morgan fingerprint density at radius 1 is 0.421 bits per heavy atom. The van der Waals surface area contributed by atoms with Gasteiger partial charge in [-0.2, -0.15) is 0 Å². The molecule has 0 rings (SSSR count). The molecule has 0 saturated carbocycles. The molecule has 0 saturated heterocycles. The zero-order valence-electron chi connectivity index (χ0n) is 8.76. The van der Waals surface area contributed by atoms with Gasteiger partial charge in [-0.1, -0.05) is 0 Å². The Bertz CT molecular complexity index is 168. The minimum atomic E-state index is -3.63. The maximum atomic E-state index is 8.52. The van der Waals surface area contributed by atoms with E-state index in [2.05, 4.69) is 0 Å². The maximum Gasteiger partial charge on any atom is 3.00 e. The van der Waals surface area contributed by atoms with Crippen LogP contribution in [0.3, 0.4) is 0 Å². The molecule has 0 amide bonds. The summed E-state index contributed by atoms with van der Waals surface area (Å²) < 4.78 is 34.1. The molecule has 0 aromatic carbocycles. The quantitative estimate of drug-likeness (QED) is 0.284. The molecule has 0 heterocycles. The normalized spacial score (nSPS) is 5.05. The Morgan fingerprint density at radius 3 is 0.421 bits per heavy atom. The average Bonchev–Trinajstić information content (AvgIpc) is 1.76. The van der Waals surface area contributed by atoms with Crippen LogP contribution in [0, 0.1) is 0 Å². The Hall–Kier alpha value is 1.10. The summed E-state index contributed by atoms with van der Waals surface area (Å²) in [5, 5.41) is 0. The van der Waals surface area contributed by atoms with Gasteiger partial charge >= 0.3 is 83.6 Å². The second kappa shape index (κ2) is 36.5. The van der Waals surface area contributed by atoms with E-state index in [1.54, 1.807) is 0 Å². The number of hydrogen-bond donors (Lipinski definition) is 0. The molecule has 0 radical (unpaired) electrons. The van der Waals surface area contributed by atoms with Crippen LogP contribution in [0.5, 0.6) is 0 Å². The number of hydrogen-bond acceptors (Lipinski definition) is 12. The molecular formula is Al2BaO12Si4. The first-order chi connectivity index (χ1) is 6.93. The van der Waals surface area contributed by atoms with Gasteiger partial charge in [0.05, 0.1) is 0 Å². The SMILES string of the molecule is O=[Si]([O-])[O-].O=[Si]([O-])[O-].O=[Si]([O-])[O-].O=[Si]([O-])[O-].[Al+3].[Al+3].[Ba+2]. The third kappa shape index (κ3) is 4590. The van der Waals surface area contributed by atoms with Gasteiger partial charge in [0.25, 0.3) is 0 Å². The summed E-state index contributed by atoms with van der Waals surface area (Å²) in [7, 11) is -14.5. The van der Waals surface area contributed by atoms with Crippen molar-refractivity contribution in [2.24, 2.45) is 0 Å². The fourth-order valence-corrected chi connectivity index (χ4v) is 0. The third-order valence-corrected chi connectivity index (χ3v) is 0. The van der Waals surface area contributed by atoms with Crippen molar-refractivity contribution in [3.05, 3.63) is 0 Å². The first kappa shape index (κ1) is 42.7. The van der Waals surface area contributed by atoms with Crippen LogP contribution in [0.15, 0.2) is 0 Å². The van der Waals surface area contributed by atoms with Crippen LogP contribution in [0.25, 0.3) is 0 Å². The largest absolute Gasteiger partial charge is 3.00 e. The minimum Gasteiger partial charge on any atom is -0.672 e. The van der Waals surface area contributed by atoms with Crippen LogP contribution < -0.4 is 38.4 Å². The molecule has 0 aliphatic heterocycles. The van der Waals surface area contributed by atoms with E-state index in [1.165, 1.54) is 0 Å². The van der Waals surface area contributed by atoms with Crippen molar-refractivity contribution in [3.63, 3.8) is 0 Å². The summed E-state index contributed by atoms with van der Waals surface area (Å²) in [6, 6.07) is 0. The van der Waals surface area contributed by atoms with E-state index in [9.17, 15) is 0 Å². The van der Waals surface area contributed by atoms with Gasteiger partial charge in [0, 0.05) is 36.7 Å². The first-order valence-electron chi connectivity index (χ1n) is 2.45. The molecule has 0 N–H and O–H groups in total. The molecule has 19 heteroatoms. The van der Waals surface area contributed by atoms with Crippen molar-refractivity contribution in [2.45, 2.75) is 0 Å². The van der Waals surface area contributed by atoms with Crippen molar-refractivity contribution < 1.29 is 56.2 Å². The third-order valence-electron chi connectivity index (χ3n) is 0. The first-order valence-corrected chi connectivity index (χ1v) is 7.35. The summed E-state index contributed by atoms with van der Waals surface area (Å²) in [5.74, 6) is 0. The van der Waals surface area contributed by atoms with Crippen LogP contribution in [0.4, 0.5) is 0 Å². The van der Waals surface area contributed by atoms with Gasteiger partial charge < -0.3 is 56.2 Å². The van der Waals surface area contributed by atoms with Crippen LogP contribution in [-0.2, 0) is 17.8 Å². The predicted octanol–water partition coefficient (Wildman–Crippen LogP) is -12.7. The zero-order valence-corrected chi connectivity index (χ0v) is 19.5. The molecule has 0 bridgehead atoms. The molecular weight excluding hydrogens is 496 g/mol. The van der Waals surface area contributed by atoms with Gasteiger partial charge in [0.2, 0.25) is 0 Å². The molecule has 0 aromatic heterocycles. The van der Waals surface area contributed by atoms with E-state index >= 15 is 0 Å². The predicted molar refractivity (Wildman–Crippen MR) is 43.0 cm³/mol. The monoisotopic (exact) mass is 496 g/mol. The molecule has 96 valence electrons.